The summed E-state index contributed by atoms with van der Waals surface area (Å²) >= 11 is 6.47. The molecule has 0 unspecified atom stereocenters. The van der Waals surface area contributed by atoms with Crippen LogP contribution in [0.5, 0.6) is 0 Å². The number of amides is 1. The summed E-state index contributed by atoms with van der Waals surface area (Å²) in [6.45, 7) is 10.2. The number of piperazine rings is 1. The number of carbonyl (C=O) groups excluding carboxylic acids is 1. The van der Waals surface area contributed by atoms with Crippen molar-refractivity contribution in [3.63, 3.8) is 0 Å². The van der Waals surface area contributed by atoms with Gasteiger partial charge in [0.25, 0.3) is 0 Å². The van der Waals surface area contributed by atoms with Gasteiger partial charge in [-0.1, -0.05) is 29.8 Å². The quantitative estimate of drug-likeness (QED) is 0.761. The smallest absolute Gasteiger partial charge is 0.410 e. The van der Waals surface area contributed by atoms with Crippen molar-refractivity contribution in [2.75, 3.05) is 31.1 Å². The first-order chi connectivity index (χ1) is 11.7. The first-order valence-electron chi connectivity index (χ1n) is 8.53. The van der Waals surface area contributed by atoms with Crippen molar-refractivity contribution >= 4 is 34.4 Å². The molecule has 0 radical (unpaired) electrons. The molecule has 0 atom stereocenters. The third-order valence-electron chi connectivity index (χ3n) is 4.21. The van der Waals surface area contributed by atoms with Gasteiger partial charge in [0.1, 0.15) is 11.4 Å². The van der Waals surface area contributed by atoms with Gasteiger partial charge >= 0.3 is 6.09 Å². The minimum absolute atomic E-state index is 0.263. The van der Waals surface area contributed by atoms with Gasteiger partial charge in [0.15, 0.2) is 0 Å². The summed E-state index contributed by atoms with van der Waals surface area (Å²) in [5.41, 5.74) is 1.62. The zero-order valence-electron chi connectivity index (χ0n) is 15.2. The molecule has 6 heteroatoms. The topological polar surface area (TPSA) is 45.7 Å². The number of hydrogen-bond donors (Lipinski definition) is 0. The molecule has 0 aliphatic carbocycles. The van der Waals surface area contributed by atoms with Crippen LogP contribution in [0.3, 0.4) is 0 Å². The van der Waals surface area contributed by atoms with Gasteiger partial charge in [0.2, 0.25) is 0 Å². The summed E-state index contributed by atoms with van der Waals surface area (Å²) in [5, 5.41) is 1.69. The third kappa shape index (κ3) is 3.98. The van der Waals surface area contributed by atoms with Crippen molar-refractivity contribution in [2.45, 2.75) is 33.3 Å². The second-order valence-electron chi connectivity index (χ2n) is 7.39. The maximum Gasteiger partial charge on any atom is 0.410 e. The predicted octanol–water partition coefficient (Wildman–Crippen LogP) is 4.25. The second-order valence-corrected chi connectivity index (χ2v) is 7.80. The number of halogens is 1. The lowest BCUT2D eigenvalue weighted by atomic mass is 10.1. The molecular weight excluding hydrogens is 338 g/mol. The van der Waals surface area contributed by atoms with Crippen LogP contribution in [0.15, 0.2) is 24.3 Å². The molecule has 5 nitrogen and oxygen atoms in total. The lowest BCUT2D eigenvalue weighted by Gasteiger charge is -2.36. The molecule has 1 saturated heterocycles. The summed E-state index contributed by atoms with van der Waals surface area (Å²) < 4.78 is 5.44. The van der Waals surface area contributed by atoms with Crippen LogP contribution in [-0.4, -0.2) is 47.8 Å². The van der Waals surface area contributed by atoms with E-state index in [1.807, 2.05) is 52.0 Å². The van der Waals surface area contributed by atoms with E-state index < -0.39 is 5.60 Å². The molecular formula is C19H24ClN3O2. The Balaban J connectivity index is 1.75. The van der Waals surface area contributed by atoms with Crippen molar-refractivity contribution in [3.8, 4) is 0 Å². The molecule has 0 bridgehead atoms. The van der Waals surface area contributed by atoms with Crippen LogP contribution in [0.2, 0.25) is 5.02 Å². The molecule has 0 saturated carbocycles. The number of anilines is 1. The number of aromatic nitrogens is 1. The molecule has 1 aliphatic heterocycles. The molecule has 134 valence electrons. The van der Waals surface area contributed by atoms with E-state index in [-0.39, 0.29) is 6.09 Å². The van der Waals surface area contributed by atoms with Crippen molar-refractivity contribution in [1.82, 2.24) is 9.88 Å². The fourth-order valence-corrected chi connectivity index (χ4v) is 3.24. The maximum atomic E-state index is 12.2. The van der Waals surface area contributed by atoms with Crippen LogP contribution in [0.1, 0.15) is 26.3 Å². The highest BCUT2D eigenvalue weighted by Crippen LogP contribution is 2.30. The number of hydrogen-bond acceptors (Lipinski definition) is 4. The number of para-hydroxylation sites is 1. The van der Waals surface area contributed by atoms with Gasteiger partial charge in [0.05, 0.1) is 10.5 Å². The summed E-state index contributed by atoms with van der Waals surface area (Å²) in [6, 6.07) is 8.04. The largest absolute Gasteiger partial charge is 0.444 e. The van der Waals surface area contributed by atoms with Crippen LogP contribution >= 0.6 is 11.6 Å². The Kier molecular flexibility index (Phi) is 4.78. The fourth-order valence-electron chi connectivity index (χ4n) is 2.96. The first kappa shape index (κ1) is 17.8. The highest BCUT2D eigenvalue weighted by molar-refractivity contribution is 6.33. The Morgan fingerprint density at radius 1 is 1.20 bits per heavy atom. The minimum Gasteiger partial charge on any atom is -0.444 e. The molecule has 25 heavy (non-hydrogen) atoms. The number of ether oxygens (including phenoxy) is 1. The lowest BCUT2D eigenvalue weighted by molar-refractivity contribution is 0.0240. The summed E-state index contributed by atoms with van der Waals surface area (Å²) in [7, 11) is 0. The predicted molar refractivity (Wildman–Crippen MR) is 102 cm³/mol. The van der Waals surface area contributed by atoms with E-state index in [1.54, 1.807) is 4.90 Å². The van der Waals surface area contributed by atoms with Crippen LogP contribution in [0, 0.1) is 6.92 Å². The minimum atomic E-state index is -0.477. The van der Waals surface area contributed by atoms with Gasteiger partial charge in [0, 0.05) is 31.6 Å². The van der Waals surface area contributed by atoms with Gasteiger partial charge in [-0.15, -0.1) is 0 Å². The van der Waals surface area contributed by atoms with Gasteiger partial charge < -0.3 is 14.5 Å². The Morgan fingerprint density at radius 2 is 1.88 bits per heavy atom. The number of benzene rings is 1. The summed E-state index contributed by atoms with van der Waals surface area (Å²) in [4.78, 5) is 20.8. The molecule has 3 rings (SSSR count). The van der Waals surface area contributed by atoms with E-state index in [0.29, 0.717) is 31.2 Å². The molecule has 0 N–H and O–H groups in total. The normalized spacial score (nSPS) is 15.6. The zero-order valence-corrected chi connectivity index (χ0v) is 15.9. The number of fused-ring (bicyclic) bond motifs is 1. The zero-order chi connectivity index (χ0) is 18.2. The van der Waals surface area contributed by atoms with Crippen molar-refractivity contribution in [3.05, 3.63) is 34.9 Å². The average Bonchev–Trinajstić information content (AvgIpc) is 2.53. The Morgan fingerprint density at radius 3 is 2.52 bits per heavy atom. The molecule has 1 fully saturated rings. The Bertz CT molecular complexity index is 793. The Hall–Kier alpha value is -2.01. The summed E-state index contributed by atoms with van der Waals surface area (Å²) in [6.07, 6.45) is -0.263. The molecule has 1 aromatic carbocycles. The number of aryl methyl sites for hydroxylation is 1. The van der Waals surface area contributed by atoms with E-state index >= 15 is 0 Å². The molecule has 0 spiro atoms. The highest BCUT2D eigenvalue weighted by atomic mass is 35.5. The second kappa shape index (κ2) is 6.71. The maximum absolute atomic E-state index is 12.2. The van der Waals surface area contributed by atoms with E-state index in [0.717, 1.165) is 22.3 Å². The number of pyridine rings is 1. The van der Waals surface area contributed by atoms with Crippen molar-refractivity contribution < 1.29 is 9.53 Å². The fraction of sp³-hybridized carbons (Fsp3) is 0.474. The van der Waals surface area contributed by atoms with Crippen LogP contribution in [0.4, 0.5) is 10.6 Å². The standard InChI is InChI=1S/C19H24ClN3O2/c1-13-6-5-7-14-12-15(20)17(21-16(13)14)22-8-10-23(11-9-22)18(24)25-19(2,3)4/h5-7,12H,8-11H2,1-4H3. The van der Waals surface area contributed by atoms with Crippen LogP contribution < -0.4 is 4.90 Å². The van der Waals surface area contributed by atoms with E-state index in [2.05, 4.69) is 4.90 Å². The van der Waals surface area contributed by atoms with Crippen LogP contribution in [0.25, 0.3) is 10.9 Å². The highest BCUT2D eigenvalue weighted by Gasteiger charge is 2.27. The number of rotatable bonds is 1. The molecule has 2 aromatic rings. The van der Waals surface area contributed by atoms with Gasteiger partial charge in [-0.05, 0) is 39.3 Å². The first-order valence-corrected chi connectivity index (χ1v) is 8.91. The van der Waals surface area contributed by atoms with Crippen molar-refractivity contribution in [1.29, 1.82) is 0 Å². The third-order valence-corrected chi connectivity index (χ3v) is 4.49. The molecule has 1 amide bonds. The molecule has 1 aromatic heterocycles. The average molecular weight is 362 g/mol. The molecule has 1 aliphatic rings. The van der Waals surface area contributed by atoms with E-state index in [1.165, 1.54) is 0 Å². The molecule has 2 heterocycles. The van der Waals surface area contributed by atoms with Crippen molar-refractivity contribution in [2.24, 2.45) is 0 Å². The number of carbonyl (C=O) groups is 1. The van der Waals surface area contributed by atoms with Gasteiger partial charge in [-0.3, -0.25) is 0 Å². The Labute approximate surface area is 153 Å². The monoisotopic (exact) mass is 361 g/mol. The van der Waals surface area contributed by atoms with E-state index in [9.17, 15) is 4.79 Å². The van der Waals surface area contributed by atoms with Crippen LogP contribution in [-0.2, 0) is 4.74 Å². The van der Waals surface area contributed by atoms with Gasteiger partial charge in [-0.2, -0.15) is 0 Å². The van der Waals surface area contributed by atoms with Gasteiger partial charge in [-0.25, -0.2) is 9.78 Å². The lowest BCUT2D eigenvalue weighted by Crippen LogP contribution is -2.50. The van der Waals surface area contributed by atoms with E-state index in [4.69, 9.17) is 21.3 Å². The number of nitrogens with zero attached hydrogens (tertiary/aromatic N) is 3. The SMILES string of the molecule is Cc1cccc2cc(Cl)c(N3CCN(C(=O)OC(C)(C)C)CC3)nc12. The summed E-state index contributed by atoms with van der Waals surface area (Å²) in [5.74, 6) is 0.785.